The van der Waals surface area contributed by atoms with Crippen LogP contribution < -0.4 is 10.9 Å². The number of hydrogen-bond acceptors (Lipinski definition) is 4. The van der Waals surface area contributed by atoms with Crippen molar-refractivity contribution in [1.29, 1.82) is 0 Å². The molecule has 0 bridgehead atoms. The Labute approximate surface area is 138 Å². The zero-order valence-corrected chi connectivity index (χ0v) is 13.8. The first kappa shape index (κ1) is 13.7. The number of aromatic nitrogens is 2. The maximum Gasteiger partial charge on any atom is 0.290 e. The van der Waals surface area contributed by atoms with Gasteiger partial charge in [-0.25, -0.2) is 4.98 Å². The number of thiophene rings is 1. The number of nitrogens with zero attached hydrogens (tertiary/aromatic N) is 3. The number of nitrogens with one attached hydrogen (secondary N) is 1. The highest BCUT2D eigenvalue weighted by Gasteiger charge is 2.16. The van der Waals surface area contributed by atoms with E-state index in [1.807, 2.05) is 34.2 Å². The van der Waals surface area contributed by atoms with Crippen molar-refractivity contribution in [1.82, 2.24) is 9.55 Å². The van der Waals surface area contributed by atoms with Gasteiger partial charge in [-0.15, -0.1) is 11.3 Å². The number of carbonyl (C=O) groups excluding carboxylic acids is 1. The van der Waals surface area contributed by atoms with E-state index in [0.717, 1.165) is 34.3 Å². The van der Waals surface area contributed by atoms with Crippen molar-refractivity contribution in [2.45, 2.75) is 6.54 Å². The van der Waals surface area contributed by atoms with Crippen molar-refractivity contribution < 1.29 is 4.79 Å². The summed E-state index contributed by atoms with van der Waals surface area (Å²) in [7, 11) is 0. The molecule has 0 unspecified atom stereocenters. The fourth-order valence-corrected chi connectivity index (χ4v) is 3.50. The minimum absolute atomic E-state index is 0.249. The third kappa shape index (κ3) is 2.26. The maximum absolute atomic E-state index is 12.2. The van der Waals surface area contributed by atoms with Crippen molar-refractivity contribution >= 4 is 49.9 Å². The number of amides is 1. The van der Waals surface area contributed by atoms with Gasteiger partial charge < -0.3 is 5.32 Å². The number of benzene rings is 1. The van der Waals surface area contributed by atoms with Crippen LogP contribution in [-0.4, -0.2) is 22.0 Å². The summed E-state index contributed by atoms with van der Waals surface area (Å²) < 4.78 is 2.96. The second-order valence-corrected chi connectivity index (χ2v) is 6.76. The molecule has 110 valence electrons. The Hall–Kier alpha value is -1.99. The molecule has 0 aliphatic carbocycles. The van der Waals surface area contributed by atoms with E-state index in [4.69, 9.17) is 0 Å². The molecule has 0 saturated heterocycles. The van der Waals surface area contributed by atoms with Crippen LogP contribution >= 0.6 is 27.3 Å². The SMILES string of the molecule is O=C(N=c1nc2ccc(Br)cc2c2n1CCN2)c1cccs1. The molecule has 7 heteroatoms. The zero-order chi connectivity index (χ0) is 15.1. The number of rotatable bonds is 1. The van der Waals surface area contributed by atoms with Gasteiger partial charge in [0, 0.05) is 22.9 Å². The lowest BCUT2D eigenvalue weighted by Gasteiger charge is -2.08. The predicted octanol–water partition coefficient (Wildman–Crippen LogP) is 3.03. The molecule has 3 aromatic rings. The highest BCUT2D eigenvalue weighted by atomic mass is 79.9. The zero-order valence-electron chi connectivity index (χ0n) is 11.4. The summed E-state index contributed by atoms with van der Waals surface area (Å²) >= 11 is 4.87. The van der Waals surface area contributed by atoms with Crippen molar-refractivity contribution in [2.75, 3.05) is 11.9 Å². The minimum atomic E-state index is -0.249. The number of fused-ring (bicyclic) bond motifs is 3. The van der Waals surface area contributed by atoms with E-state index in [-0.39, 0.29) is 5.91 Å². The van der Waals surface area contributed by atoms with Gasteiger partial charge in [0.2, 0.25) is 5.62 Å². The largest absolute Gasteiger partial charge is 0.369 e. The molecule has 22 heavy (non-hydrogen) atoms. The van der Waals surface area contributed by atoms with Crippen LogP contribution in [0, 0.1) is 0 Å². The van der Waals surface area contributed by atoms with E-state index in [0.29, 0.717) is 10.5 Å². The summed E-state index contributed by atoms with van der Waals surface area (Å²) in [5, 5.41) is 6.24. The third-order valence-electron chi connectivity index (χ3n) is 3.51. The molecule has 1 aliphatic rings. The molecule has 0 spiro atoms. The van der Waals surface area contributed by atoms with Crippen LogP contribution in [0.15, 0.2) is 45.2 Å². The summed E-state index contributed by atoms with van der Waals surface area (Å²) in [6.07, 6.45) is 0. The normalized spacial score (nSPS) is 14.1. The highest BCUT2D eigenvalue weighted by molar-refractivity contribution is 9.10. The lowest BCUT2D eigenvalue weighted by Crippen LogP contribution is -2.24. The molecular formula is C15H11BrN4OS. The van der Waals surface area contributed by atoms with Crippen LogP contribution in [0.1, 0.15) is 9.67 Å². The fourth-order valence-electron chi connectivity index (χ4n) is 2.53. The van der Waals surface area contributed by atoms with Crippen LogP contribution in [-0.2, 0) is 6.54 Å². The quantitative estimate of drug-likeness (QED) is 0.711. The molecule has 0 radical (unpaired) electrons. The van der Waals surface area contributed by atoms with Gasteiger partial charge in [-0.05, 0) is 29.6 Å². The van der Waals surface area contributed by atoms with E-state index >= 15 is 0 Å². The molecule has 5 nitrogen and oxygen atoms in total. The fraction of sp³-hybridized carbons (Fsp3) is 0.133. The lowest BCUT2D eigenvalue weighted by molar-refractivity contribution is 0.100. The molecule has 0 atom stereocenters. The molecule has 4 rings (SSSR count). The number of carbonyl (C=O) groups is 1. The summed E-state index contributed by atoms with van der Waals surface area (Å²) in [6, 6.07) is 9.51. The topological polar surface area (TPSA) is 59.3 Å². The Morgan fingerprint density at radius 3 is 3.14 bits per heavy atom. The molecule has 1 aromatic carbocycles. The van der Waals surface area contributed by atoms with E-state index in [1.165, 1.54) is 11.3 Å². The van der Waals surface area contributed by atoms with Crippen molar-refractivity contribution in [3.8, 4) is 0 Å². The van der Waals surface area contributed by atoms with Crippen molar-refractivity contribution in [3.63, 3.8) is 0 Å². The van der Waals surface area contributed by atoms with Crippen LogP contribution in [0.25, 0.3) is 10.9 Å². The van der Waals surface area contributed by atoms with Gasteiger partial charge >= 0.3 is 0 Å². The Morgan fingerprint density at radius 2 is 2.32 bits per heavy atom. The minimum Gasteiger partial charge on any atom is -0.369 e. The Balaban J connectivity index is 1.96. The second-order valence-electron chi connectivity index (χ2n) is 4.89. The number of halogens is 1. The van der Waals surface area contributed by atoms with Crippen LogP contribution in [0.4, 0.5) is 5.82 Å². The first-order chi connectivity index (χ1) is 10.7. The lowest BCUT2D eigenvalue weighted by atomic mass is 10.2. The number of hydrogen-bond donors (Lipinski definition) is 1. The second kappa shape index (κ2) is 5.33. The van der Waals surface area contributed by atoms with Crippen molar-refractivity contribution in [2.24, 2.45) is 4.99 Å². The number of anilines is 1. The standard InChI is InChI=1S/C15H11BrN4OS/c16-9-3-4-11-10(8-9)13-17-5-6-20(13)15(18-11)19-14(21)12-2-1-7-22-12/h1-4,7-8,17H,5-6H2. The average molecular weight is 375 g/mol. The molecule has 1 aliphatic heterocycles. The third-order valence-corrected chi connectivity index (χ3v) is 4.86. The summed E-state index contributed by atoms with van der Waals surface area (Å²) in [5.41, 5.74) is 1.27. The predicted molar refractivity (Wildman–Crippen MR) is 90.1 cm³/mol. The van der Waals surface area contributed by atoms with Gasteiger partial charge in [-0.1, -0.05) is 22.0 Å². The Kier molecular flexibility index (Phi) is 3.31. The summed E-state index contributed by atoms with van der Waals surface area (Å²) in [5.74, 6) is 0.713. The highest BCUT2D eigenvalue weighted by Crippen LogP contribution is 2.26. The molecule has 2 aromatic heterocycles. The van der Waals surface area contributed by atoms with E-state index in [9.17, 15) is 4.79 Å². The van der Waals surface area contributed by atoms with Gasteiger partial charge in [0.25, 0.3) is 5.91 Å². The molecular weight excluding hydrogens is 364 g/mol. The Bertz CT molecular complexity index is 946. The van der Waals surface area contributed by atoms with Gasteiger partial charge in [-0.2, -0.15) is 4.99 Å². The monoisotopic (exact) mass is 374 g/mol. The van der Waals surface area contributed by atoms with Gasteiger partial charge in [0.15, 0.2) is 0 Å². The molecule has 0 fully saturated rings. The maximum atomic E-state index is 12.2. The van der Waals surface area contributed by atoms with E-state index in [1.54, 1.807) is 6.07 Å². The van der Waals surface area contributed by atoms with E-state index < -0.39 is 0 Å². The molecule has 1 amide bonds. The first-order valence-electron chi connectivity index (χ1n) is 6.79. The molecule has 3 heterocycles. The smallest absolute Gasteiger partial charge is 0.290 e. The molecule has 0 saturated carbocycles. The molecule has 1 N–H and O–H groups in total. The van der Waals surface area contributed by atoms with Crippen molar-refractivity contribution in [3.05, 3.63) is 50.7 Å². The Morgan fingerprint density at radius 1 is 1.41 bits per heavy atom. The van der Waals surface area contributed by atoms with Crippen LogP contribution in [0.2, 0.25) is 0 Å². The van der Waals surface area contributed by atoms with Crippen LogP contribution in [0.3, 0.4) is 0 Å². The van der Waals surface area contributed by atoms with E-state index in [2.05, 4.69) is 31.2 Å². The first-order valence-corrected chi connectivity index (χ1v) is 8.46. The van der Waals surface area contributed by atoms with Crippen LogP contribution in [0.5, 0.6) is 0 Å². The van der Waals surface area contributed by atoms with Gasteiger partial charge in [0.05, 0.1) is 10.4 Å². The summed E-state index contributed by atoms with van der Waals surface area (Å²) in [4.78, 5) is 21.6. The van der Waals surface area contributed by atoms with Gasteiger partial charge in [-0.3, -0.25) is 9.36 Å². The average Bonchev–Trinajstić information content (AvgIpc) is 3.19. The summed E-state index contributed by atoms with van der Waals surface area (Å²) in [6.45, 7) is 1.56. The van der Waals surface area contributed by atoms with Gasteiger partial charge in [0.1, 0.15) is 5.82 Å².